The topological polar surface area (TPSA) is 33.5 Å². The van der Waals surface area contributed by atoms with Gasteiger partial charge < -0.3 is 10.2 Å². The fourth-order valence-electron chi connectivity index (χ4n) is 1.89. The maximum Gasteiger partial charge on any atom is 0.227 e. The molecule has 0 aliphatic carbocycles. The van der Waals surface area contributed by atoms with Crippen molar-refractivity contribution in [3.8, 4) is 0 Å². The number of carbonyl (C=O) groups is 1. The Labute approximate surface area is 112 Å². The fraction of sp³-hybridized carbons (Fsp3) is 0.867. The van der Waals surface area contributed by atoms with Gasteiger partial charge in [-0.25, -0.2) is 6.57 Å². The third-order valence-electron chi connectivity index (χ3n) is 3.14. The molecule has 0 aliphatic heterocycles. The number of nitrogens with one attached hydrogen (secondary N) is 1. The summed E-state index contributed by atoms with van der Waals surface area (Å²) in [4.78, 5) is 14.2. The van der Waals surface area contributed by atoms with Gasteiger partial charge in [-0.2, -0.15) is 0 Å². The van der Waals surface area contributed by atoms with Gasteiger partial charge in [0, 0.05) is 33.7 Å². The lowest BCUT2D eigenvalue weighted by Crippen LogP contribution is -2.20. The van der Waals surface area contributed by atoms with Crippen LogP contribution in [0.5, 0.6) is 0 Å². The van der Waals surface area contributed by atoms with Crippen LogP contribution >= 0.6 is 0 Å². The van der Waals surface area contributed by atoms with Crippen molar-refractivity contribution in [3.63, 3.8) is 0 Å². The smallest absolute Gasteiger partial charge is 0.227 e. The van der Waals surface area contributed by atoms with Gasteiger partial charge in [0.25, 0.3) is 0 Å². The molecule has 1 amide bonds. The van der Waals surface area contributed by atoms with E-state index in [9.17, 15) is 4.79 Å². The number of nitrogens with zero attached hydrogens (tertiary/aromatic N) is 1. The number of unbranched alkanes of at least 4 members (excludes halogenated alkanes) is 6. The lowest BCUT2D eigenvalue weighted by Gasteiger charge is -2.10. The second-order valence-corrected chi connectivity index (χ2v) is 5.63. The van der Waals surface area contributed by atoms with Crippen LogP contribution in [0.15, 0.2) is 0 Å². The Bertz CT molecular complexity index is 266. The summed E-state index contributed by atoms with van der Waals surface area (Å²) in [5.41, 5.74) is -0.168. The van der Waals surface area contributed by atoms with E-state index in [0.717, 1.165) is 19.4 Å². The van der Waals surface area contributed by atoms with Crippen molar-refractivity contribution in [1.82, 2.24) is 5.32 Å². The average Bonchev–Trinajstić information content (AvgIpc) is 2.31. The summed E-state index contributed by atoms with van der Waals surface area (Å²) in [5, 5.41) is 2.81. The van der Waals surface area contributed by atoms with Gasteiger partial charge in [0.15, 0.2) is 0 Å². The molecule has 0 aromatic heterocycles. The molecule has 0 unspecified atom stereocenters. The van der Waals surface area contributed by atoms with Gasteiger partial charge in [-0.1, -0.05) is 32.1 Å². The Kier molecular flexibility index (Phi) is 9.36. The molecule has 0 aromatic carbocycles. The van der Waals surface area contributed by atoms with Gasteiger partial charge >= 0.3 is 0 Å². The van der Waals surface area contributed by atoms with Crippen molar-refractivity contribution >= 4 is 5.91 Å². The van der Waals surface area contributed by atoms with Crippen molar-refractivity contribution in [1.29, 1.82) is 0 Å². The molecule has 0 saturated carbocycles. The van der Waals surface area contributed by atoms with E-state index in [1.165, 1.54) is 38.5 Å². The molecule has 0 heterocycles. The molecule has 0 spiro atoms. The lowest BCUT2D eigenvalue weighted by atomic mass is 9.97. The van der Waals surface area contributed by atoms with Crippen LogP contribution in [0.3, 0.4) is 0 Å². The van der Waals surface area contributed by atoms with Crippen molar-refractivity contribution in [2.45, 2.75) is 77.7 Å². The molecule has 0 saturated heterocycles. The Morgan fingerprint density at radius 1 is 1.06 bits per heavy atom. The summed E-state index contributed by atoms with van der Waals surface area (Å²) in [5.74, 6) is 0.0671. The van der Waals surface area contributed by atoms with E-state index in [1.54, 1.807) is 6.92 Å². The number of hydrogen-bond acceptors (Lipinski definition) is 1. The maximum atomic E-state index is 10.6. The second kappa shape index (κ2) is 9.94. The Morgan fingerprint density at radius 3 is 2.06 bits per heavy atom. The van der Waals surface area contributed by atoms with E-state index < -0.39 is 0 Å². The largest absolute Gasteiger partial charge is 0.356 e. The van der Waals surface area contributed by atoms with Crippen LogP contribution in [0.4, 0.5) is 0 Å². The Balaban J connectivity index is 3.18. The number of amides is 1. The van der Waals surface area contributed by atoms with Crippen LogP contribution < -0.4 is 5.32 Å². The normalized spacial score (nSPS) is 11.0. The molecular weight excluding hydrogens is 224 g/mol. The van der Waals surface area contributed by atoms with Gasteiger partial charge in [-0.3, -0.25) is 4.79 Å². The summed E-state index contributed by atoms with van der Waals surface area (Å²) >= 11 is 0. The minimum absolute atomic E-state index is 0.0671. The Hall–Kier alpha value is -1.04. The first kappa shape index (κ1) is 17.0. The van der Waals surface area contributed by atoms with Crippen LogP contribution in [0.2, 0.25) is 0 Å². The van der Waals surface area contributed by atoms with Gasteiger partial charge in [-0.05, 0) is 12.8 Å². The Morgan fingerprint density at radius 2 is 1.56 bits per heavy atom. The van der Waals surface area contributed by atoms with E-state index in [0.29, 0.717) is 0 Å². The zero-order valence-electron chi connectivity index (χ0n) is 12.2. The third-order valence-corrected chi connectivity index (χ3v) is 3.14. The quantitative estimate of drug-likeness (QED) is 0.463. The molecule has 0 aromatic rings. The van der Waals surface area contributed by atoms with Gasteiger partial charge in [-0.15, -0.1) is 0 Å². The first-order chi connectivity index (χ1) is 8.48. The zero-order chi connectivity index (χ0) is 13.9. The first-order valence-electron chi connectivity index (χ1n) is 7.11. The lowest BCUT2D eigenvalue weighted by molar-refractivity contribution is -0.118. The predicted molar refractivity (Wildman–Crippen MR) is 76.3 cm³/mol. The number of hydrogen-bond donors (Lipinski definition) is 1. The molecule has 1 N–H and O–H groups in total. The zero-order valence-corrected chi connectivity index (χ0v) is 12.2. The van der Waals surface area contributed by atoms with Crippen LogP contribution in [-0.2, 0) is 4.79 Å². The highest BCUT2D eigenvalue weighted by Gasteiger charge is 2.21. The molecule has 0 fully saturated rings. The van der Waals surface area contributed by atoms with Crippen molar-refractivity contribution in [2.75, 3.05) is 6.54 Å². The van der Waals surface area contributed by atoms with Gasteiger partial charge in [0.05, 0.1) is 0 Å². The summed E-state index contributed by atoms with van der Waals surface area (Å²) in [7, 11) is 0. The monoisotopic (exact) mass is 252 g/mol. The van der Waals surface area contributed by atoms with E-state index in [4.69, 9.17) is 6.57 Å². The molecule has 0 atom stereocenters. The molecule has 0 bridgehead atoms. The summed E-state index contributed by atoms with van der Waals surface area (Å²) < 4.78 is 0. The summed E-state index contributed by atoms with van der Waals surface area (Å²) in [6, 6.07) is 0. The van der Waals surface area contributed by atoms with Gasteiger partial charge in [0.1, 0.15) is 0 Å². The van der Waals surface area contributed by atoms with Crippen molar-refractivity contribution in [3.05, 3.63) is 11.4 Å². The van der Waals surface area contributed by atoms with Crippen LogP contribution in [-0.4, -0.2) is 18.0 Å². The maximum absolute atomic E-state index is 10.6. The highest BCUT2D eigenvalue weighted by atomic mass is 16.1. The molecule has 0 rings (SSSR count). The molecular formula is C15H28N2O. The summed E-state index contributed by atoms with van der Waals surface area (Å²) in [6.07, 6.45) is 9.52. The second-order valence-electron chi connectivity index (χ2n) is 5.63. The van der Waals surface area contributed by atoms with Gasteiger partial charge in [0.2, 0.25) is 11.4 Å². The minimum atomic E-state index is -0.168. The average molecular weight is 252 g/mol. The molecule has 0 radical (unpaired) electrons. The SMILES string of the molecule is [C-]#[N+]C(C)(C)CCCCCCCCCNC(C)=O. The fourth-order valence-corrected chi connectivity index (χ4v) is 1.89. The van der Waals surface area contributed by atoms with Crippen LogP contribution in [0, 0.1) is 6.57 Å². The third kappa shape index (κ3) is 11.4. The summed E-state index contributed by atoms with van der Waals surface area (Å²) in [6.45, 7) is 13.4. The number of rotatable bonds is 10. The van der Waals surface area contributed by atoms with Crippen LogP contribution in [0.25, 0.3) is 4.85 Å². The molecule has 104 valence electrons. The van der Waals surface area contributed by atoms with Crippen molar-refractivity contribution in [2.24, 2.45) is 0 Å². The first-order valence-corrected chi connectivity index (χ1v) is 7.11. The van der Waals surface area contributed by atoms with E-state index in [2.05, 4.69) is 10.2 Å². The highest BCUT2D eigenvalue weighted by Crippen LogP contribution is 2.19. The van der Waals surface area contributed by atoms with E-state index in [1.807, 2.05) is 13.8 Å². The highest BCUT2D eigenvalue weighted by molar-refractivity contribution is 5.72. The van der Waals surface area contributed by atoms with Crippen LogP contribution in [0.1, 0.15) is 72.1 Å². The molecule has 3 heteroatoms. The van der Waals surface area contributed by atoms with E-state index in [-0.39, 0.29) is 11.4 Å². The van der Waals surface area contributed by atoms with E-state index >= 15 is 0 Å². The molecule has 18 heavy (non-hydrogen) atoms. The molecule has 3 nitrogen and oxygen atoms in total. The molecule has 0 aliphatic rings. The predicted octanol–water partition coefficient (Wildman–Crippen LogP) is 3.94. The van der Waals surface area contributed by atoms with Crippen molar-refractivity contribution < 1.29 is 4.79 Å². The minimum Gasteiger partial charge on any atom is -0.356 e. The standard InChI is InChI=1S/C15H28N2O/c1-14(18)17-13-11-9-7-5-6-8-10-12-15(2,3)16-4/h5-13H2,1-3H3,(H,17,18). The number of carbonyl (C=O) groups excluding carboxylic acids is 1.